The van der Waals surface area contributed by atoms with E-state index >= 15 is 0 Å². The minimum atomic E-state index is -0.258. The van der Waals surface area contributed by atoms with Crippen LogP contribution in [0.3, 0.4) is 0 Å². The second-order valence-electron chi connectivity index (χ2n) is 6.30. The lowest BCUT2D eigenvalue weighted by Crippen LogP contribution is -2.25. The van der Waals surface area contributed by atoms with Crippen LogP contribution in [0.2, 0.25) is 0 Å². The van der Waals surface area contributed by atoms with E-state index in [1.807, 2.05) is 83.7 Å². The molecule has 4 aromatic rings. The maximum absolute atomic E-state index is 12.8. The van der Waals surface area contributed by atoms with Crippen molar-refractivity contribution in [3.05, 3.63) is 100 Å². The van der Waals surface area contributed by atoms with Crippen LogP contribution in [0.25, 0.3) is 5.82 Å². The molecule has 0 spiro atoms. The molecule has 4 rings (SSSR count). The Kier molecular flexibility index (Phi) is 5.34. The van der Waals surface area contributed by atoms with Crippen molar-refractivity contribution in [1.82, 2.24) is 24.9 Å². The monoisotopic (exact) mass is 435 g/mol. The Morgan fingerprint density at radius 3 is 2.36 bits per heavy atom. The van der Waals surface area contributed by atoms with E-state index in [1.54, 1.807) is 4.68 Å². The van der Waals surface area contributed by atoms with Crippen molar-refractivity contribution >= 4 is 21.8 Å². The molecule has 0 aliphatic rings. The summed E-state index contributed by atoms with van der Waals surface area (Å²) in [6.45, 7) is 0.949. The summed E-state index contributed by atoms with van der Waals surface area (Å²) in [6.07, 6.45) is 3.76. The third-order valence-electron chi connectivity index (χ3n) is 4.31. The summed E-state index contributed by atoms with van der Waals surface area (Å²) in [5, 5.41) is 11.3. The summed E-state index contributed by atoms with van der Waals surface area (Å²) in [5.74, 6) is 0.382. The zero-order valence-electron chi connectivity index (χ0n) is 15.0. The van der Waals surface area contributed by atoms with E-state index in [1.165, 1.54) is 0 Å². The number of carbonyl (C=O) groups is 1. The van der Waals surface area contributed by atoms with Crippen LogP contribution in [0.5, 0.6) is 0 Å². The topological polar surface area (TPSA) is 64.7 Å². The first-order valence-corrected chi connectivity index (χ1v) is 9.63. The average molecular weight is 436 g/mol. The molecule has 0 fully saturated rings. The summed E-state index contributed by atoms with van der Waals surface area (Å²) in [6, 6.07) is 21.6. The summed E-state index contributed by atoms with van der Waals surface area (Å²) in [4.78, 5) is 12.8. The number of halogens is 1. The van der Waals surface area contributed by atoms with Gasteiger partial charge in [0.25, 0.3) is 5.91 Å². The van der Waals surface area contributed by atoms with E-state index in [-0.39, 0.29) is 5.91 Å². The fourth-order valence-electron chi connectivity index (χ4n) is 2.92. The summed E-state index contributed by atoms with van der Waals surface area (Å²) in [5.41, 5.74) is 2.39. The van der Waals surface area contributed by atoms with Crippen LogP contribution in [0.4, 0.5) is 0 Å². The maximum atomic E-state index is 12.8. The average Bonchev–Trinajstić information content (AvgIpc) is 3.38. The molecule has 6 nitrogen and oxygen atoms in total. The first-order valence-electron chi connectivity index (χ1n) is 8.84. The Labute approximate surface area is 170 Å². The number of hydrogen-bond donors (Lipinski definition) is 1. The van der Waals surface area contributed by atoms with Crippen LogP contribution >= 0.6 is 15.9 Å². The first kappa shape index (κ1) is 18.2. The zero-order valence-corrected chi connectivity index (χ0v) is 16.6. The zero-order chi connectivity index (χ0) is 19.3. The molecule has 0 bridgehead atoms. The van der Waals surface area contributed by atoms with Crippen LogP contribution in [-0.2, 0) is 13.1 Å². The van der Waals surface area contributed by atoms with Crippen LogP contribution in [-0.4, -0.2) is 25.5 Å². The van der Waals surface area contributed by atoms with Crippen molar-refractivity contribution < 1.29 is 4.79 Å². The number of rotatable bonds is 6. The quantitative estimate of drug-likeness (QED) is 0.500. The lowest BCUT2D eigenvalue weighted by atomic mass is 10.2. The van der Waals surface area contributed by atoms with E-state index in [2.05, 4.69) is 31.6 Å². The number of benzene rings is 2. The van der Waals surface area contributed by atoms with Crippen molar-refractivity contribution in [3.63, 3.8) is 0 Å². The third-order valence-corrected chi connectivity index (χ3v) is 4.84. The lowest BCUT2D eigenvalue weighted by Gasteiger charge is -2.10. The minimum Gasteiger partial charge on any atom is -0.346 e. The molecule has 2 aromatic heterocycles. The van der Waals surface area contributed by atoms with Gasteiger partial charge in [-0.05, 0) is 35.4 Å². The van der Waals surface area contributed by atoms with Crippen molar-refractivity contribution in [2.75, 3.05) is 0 Å². The van der Waals surface area contributed by atoms with Gasteiger partial charge >= 0.3 is 0 Å². The van der Waals surface area contributed by atoms with Gasteiger partial charge in [-0.15, -0.1) is 5.10 Å². The van der Waals surface area contributed by atoms with E-state index in [4.69, 9.17) is 0 Å². The molecular weight excluding hydrogens is 418 g/mol. The molecule has 0 aliphatic carbocycles. The number of nitrogens with one attached hydrogen (secondary N) is 1. The Balaban J connectivity index is 1.59. The second kappa shape index (κ2) is 8.22. The van der Waals surface area contributed by atoms with Gasteiger partial charge in [-0.25, -0.2) is 4.68 Å². The highest BCUT2D eigenvalue weighted by atomic mass is 79.9. The molecule has 7 heteroatoms. The van der Waals surface area contributed by atoms with Crippen LogP contribution in [0.15, 0.2) is 83.6 Å². The fraction of sp³-hybridized carbons (Fsp3) is 0.0952. The van der Waals surface area contributed by atoms with Gasteiger partial charge < -0.3 is 9.88 Å². The Hall–Kier alpha value is -3.19. The maximum Gasteiger partial charge on any atom is 0.276 e. The highest BCUT2D eigenvalue weighted by Crippen LogP contribution is 2.15. The predicted molar refractivity (Wildman–Crippen MR) is 110 cm³/mol. The van der Waals surface area contributed by atoms with Gasteiger partial charge in [-0.3, -0.25) is 4.79 Å². The van der Waals surface area contributed by atoms with E-state index < -0.39 is 0 Å². The largest absolute Gasteiger partial charge is 0.346 e. The van der Waals surface area contributed by atoms with Crippen LogP contribution in [0.1, 0.15) is 21.6 Å². The molecule has 0 radical (unpaired) electrons. The molecule has 1 amide bonds. The number of aromatic nitrogens is 4. The van der Waals surface area contributed by atoms with Crippen molar-refractivity contribution in [3.8, 4) is 5.82 Å². The highest BCUT2D eigenvalue weighted by Gasteiger charge is 2.21. The molecule has 0 saturated heterocycles. The number of nitrogens with zero attached hydrogens (tertiary/aromatic N) is 4. The third kappa shape index (κ3) is 4.04. The number of carbonyl (C=O) groups excluding carboxylic acids is 1. The minimum absolute atomic E-state index is 0.258. The van der Waals surface area contributed by atoms with E-state index in [9.17, 15) is 4.79 Å². The summed E-state index contributed by atoms with van der Waals surface area (Å²) in [7, 11) is 0. The van der Waals surface area contributed by atoms with Gasteiger partial charge in [-0.1, -0.05) is 63.6 Å². The molecule has 2 aromatic carbocycles. The van der Waals surface area contributed by atoms with E-state index in [0.29, 0.717) is 24.6 Å². The van der Waals surface area contributed by atoms with Crippen molar-refractivity contribution in [2.45, 2.75) is 13.1 Å². The molecule has 0 aliphatic heterocycles. The molecule has 0 saturated carbocycles. The SMILES string of the molecule is O=C(NCc1ccc(Br)cc1)c1nnn(Cc2ccccc2)c1-n1cccc1. The molecule has 0 atom stereocenters. The van der Waals surface area contributed by atoms with Crippen LogP contribution < -0.4 is 5.32 Å². The normalized spacial score (nSPS) is 10.8. The number of hydrogen-bond acceptors (Lipinski definition) is 3. The van der Waals surface area contributed by atoms with Gasteiger partial charge in [-0.2, -0.15) is 0 Å². The Bertz CT molecular complexity index is 1060. The molecule has 0 unspecified atom stereocenters. The number of amides is 1. The molecule has 140 valence electrons. The van der Waals surface area contributed by atoms with E-state index in [0.717, 1.165) is 15.6 Å². The molecule has 28 heavy (non-hydrogen) atoms. The molecule has 1 N–H and O–H groups in total. The standard InChI is InChI=1S/C21H18BrN5O/c22-18-10-8-16(9-11-18)14-23-20(28)19-21(26-12-4-5-13-26)27(25-24-19)15-17-6-2-1-3-7-17/h1-13H,14-15H2,(H,23,28). The Morgan fingerprint density at radius 2 is 1.64 bits per heavy atom. The van der Waals surface area contributed by atoms with Gasteiger partial charge in [0.15, 0.2) is 11.5 Å². The lowest BCUT2D eigenvalue weighted by molar-refractivity contribution is 0.0946. The second-order valence-corrected chi connectivity index (χ2v) is 7.22. The molecule has 2 heterocycles. The van der Waals surface area contributed by atoms with Crippen molar-refractivity contribution in [1.29, 1.82) is 0 Å². The van der Waals surface area contributed by atoms with Crippen LogP contribution in [0, 0.1) is 0 Å². The van der Waals surface area contributed by atoms with Gasteiger partial charge in [0.05, 0.1) is 6.54 Å². The van der Waals surface area contributed by atoms with Gasteiger partial charge in [0, 0.05) is 23.4 Å². The van der Waals surface area contributed by atoms with Crippen molar-refractivity contribution in [2.24, 2.45) is 0 Å². The smallest absolute Gasteiger partial charge is 0.276 e. The van der Waals surface area contributed by atoms with Gasteiger partial charge in [0.2, 0.25) is 0 Å². The van der Waals surface area contributed by atoms with Gasteiger partial charge in [0.1, 0.15) is 0 Å². The highest BCUT2D eigenvalue weighted by molar-refractivity contribution is 9.10. The molecular formula is C21H18BrN5O. The predicted octanol–water partition coefficient (Wildman–Crippen LogP) is 3.81. The first-order chi connectivity index (χ1) is 13.7. The summed E-state index contributed by atoms with van der Waals surface area (Å²) >= 11 is 3.41. The Morgan fingerprint density at radius 1 is 0.929 bits per heavy atom. The fourth-order valence-corrected chi connectivity index (χ4v) is 3.18. The summed E-state index contributed by atoms with van der Waals surface area (Å²) < 4.78 is 4.60.